The number of hydrogen-bond acceptors (Lipinski definition) is 7. The number of hydrogen-bond donors (Lipinski definition) is 3. The van der Waals surface area contributed by atoms with Crippen molar-refractivity contribution in [1.29, 1.82) is 0 Å². The van der Waals surface area contributed by atoms with Gasteiger partial charge in [-0.25, -0.2) is 36.9 Å². The van der Waals surface area contributed by atoms with Crippen LogP contribution in [0, 0.1) is 18.6 Å². The van der Waals surface area contributed by atoms with Crippen molar-refractivity contribution in [3.05, 3.63) is 71.7 Å². The molecule has 30 heavy (non-hydrogen) atoms. The minimum Gasteiger partial charge on any atom is -0.369 e. The van der Waals surface area contributed by atoms with Crippen molar-refractivity contribution in [2.75, 3.05) is 23.7 Å². The lowest BCUT2D eigenvalue weighted by atomic mass is 10.2. The Hall–Kier alpha value is -3.18. The average Bonchev–Trinajstić information content (AvgIpc) is 2.64. The van der Waals surface area contributed by atoms with Gasteiger partial charge in [0.05, 0.1) is 5.75 Å². The largest absolute Gasteiger partial charge is 0.369 e. The molecule has 2 aromatic heterocycles. The summed E-state index contributed by atoms with van der Waals surface area (Å²) in [6, 6.07) is 9.77. The standard InChI is InChI=1S/C19H20F2N6O2S/c1-13-25-18(11-19(26-13)27-17-4-2-3-5-22-17)23-6-7-24-30(28,29)12-14-8-15(20)10-16(21)9-14/h2-5,8-11,24H,6-7,12H2,1H3,(H2,22,23,25,26,27). The van der Waals surface area contributed by atoms with E-state index < -0.39 is 27.4 Å². The maximum absolute atomic E-state index is 13.2. The molecule has 3 N–H and O–H groups in total. The third-order valence-corrected chi connectivity index (χ3v) is 5.15. The van der Waals surface area contributed by atoms with Crippen molar-refractivity contribution in [2.45, 2.75) is 12.7 Å². The van der Waals surface area contributed by atoms with Crippen LogP contribution in [0.3, 0.4) is 0 Å². The Balaban J connectivity index is 1.53. The van der Waals surface area contributed by atoms with Crippen LogP contribution in [0.5, 0.6) is 0 Å². The summed E-state index contributed by atoms with van der Waals surface area (Å²) >= 11 is 0. The van der Waals surface area contributed by atoms with Gasteiger partial charge in [0.15, 0.2) is 0 Å². The quantitative estimate of drug-likeness (QED) is 0.444. The number of benzene rings is 1. The summed E-state index contributed by atoms with van der Waals surface area (Å²) in [4.78, 5) is 12.7. The van der Waals surface area contributed by atoms with Gasteiger partial charge >= 0.3 is 0 Å². The number of anilines is 3. The summed E-state index contributed by atoms with van der Waals surface area (Å²) in [5.74, 6) is 0.0270. The fraction of sp³-hybridized carbons (Fsp3) is 0.211. The fourth-order valence-corrected chi connectivity index (χ4v) is 3.77. The average molecular weight is 434 g/mol. The van der Waals surface area contributed by atoms with E-state index >= 15 is 0 Å². The monoisotopic (exact) mass is 434 g/mol. The Labute approximate surface area is 172 Å². The van der Waals surface area contributed by atoms with Crippen LogP contribution in [0.2, 0.25) is 0 Å². The lowest BCUT2D eigenvalue weighted by molar-refractivity contribution is 0.575. The van der Waals surface area contributed by atoms with Crippen LogP contribution in [-0.4, -0.2) is 36.5 Å². The Kier molecular flexibility index (Phi) is 6.85. The number of aryl methyl sites for hydroxylation is 1. The molecule has 8 nitrogen and oxygen atoms in total. The summed E-state index contributed by atoms with van der Waals surface area (Å²) < 4.78 is 53.0. The minimum atomic E-state index is -3.76. The van der Waals surface area contributed by atoms with Gasteiger partial charge in [0.1, 0.15) is 34.9 Å². The van der Waals surface area contributed by atoms with Crippen molar-refractivity contribution in [3.8, 4) is 0 Å². The molecule has 0 amide bonds. The molecular weight excluding hydrogens is 414 g/mol. The second-order valence-electron chi connectivity index (χ2n) is 6.38. The molecule has 11 heteroatoms. The van der Waals surface area contributed by atoms with E-state index in [0.29, 0.717) is 29.3 Å². The molecule has 0 atom stereocenters. The normalized spacial score (nSPS) is 11.3. The molecule has 158 valence electrons. The van der Waals surface area contributed by atoms with Gasteiger partial charge in [-0.05, 0) is 36.8 Å². The zero-order chi connectivity index (χ0) is 21.6. The summed E-state index contributed by atoms with van der Waals surface area (Å²) in [6.45, 7) is 2.04. The van der Waals surface area contributed by atoms with Crippen molar-refractivity contribution in [1.82, 2.24) is 19.7 Å². The van der Waals surface area contributed by atoms with Crippen LogP contribution < -0.4 is 15.4 Å². The van der Waals surface area contributed by atoms with Gasteiger partial charge in [-0.2, -0.15) is 0 Å². The summed E-state index contributed by atoms with van der Waals surface area (Å²) in [6.07, 6.45) is 1.65. The molecule has 0 saturated heterocycles. The zero-order valence-electron chi connectivity index (χ0n) is 16.1. The minimum absolute atomic E-state index is 0.0321. The highest BCUT2D eigenvalue weighted by Crippen LogP contribution is 2.15. The third-order valence-electron chi connectivity index (χ3n) is 3.79. The SMILES string of the molecule is Cc1nc(NCCNS(=O)(=O)Cc2cc(F)cc(F)c2)cc(Nc2ccccn2)n1. The Morgan fingerprint density at radius 2 is 1.67 bits per heavy atom. The molecule has 0 aliphatic heterocycles. The topological polar surface area (TPSA) is 109 Å². The number of pyridine rings is 1. The van der Waals surface area contributed by atoms with E-state index in [1.54, 1.807) is 31.3 Å². The molecule has 0 fully saturated rings. The van der Waals surface area contributed by atoms with Gasteiger partial charge in [0, 0.05) is 31.4 Å². The lowest BCUT2D eigenvalue weighted by Gasteiger charge is -2.11. The molecule has 0 aliphatic carbocycles. The lowest BCUT2D eigenvalue weighted by Crippen LogP contribution is -2.30. The van der Waals surface area contributed by atoms with E-state index in [-0.39, 0.29) is 18.7 Å². The number of sulfonamides is 1. The molecule has 0 unspecified atom stereocenters. The predicted molar refractivity (Wildman–Crippen MR) is 110 cm³/mol. The highest BCUT2D eigenvalue weighted by Gasteiger charge is 2.13. The van der Waals surface area contributed by atoms with Gasteiger partial charge in [0.2, 0.25) is 10.0 Å². The summed E-state index contributed by atoms with van der Waals surface area (Å²) in [5, 5.41) is 6.07. The Morgan fingerprint density at radius 3 is 2.37 bits per heavy atom. The van der Waals surface area contributed by atoms with Crippen molar-refractivity contribution in [2.24, 2.45) is 0 Å². The highest BCUT2D eigenvalue weighted by atomic mass is 32.2. The fourth-order valence-electron chi connectivity index (χ4n) is 2.65. The van der Waals surface area contributed by atoms with E-state index in [4.69, 9.17) is 0 Å². The number of rotatable bonds is 9. The maximum Gasteiger partial charge on any atom is 0.215 e. The molecular formula is C19H20F2N6O2S. The first-order valence-electron chi connectivity index (χ1n) is 8.99. The number of halogens is 2. The van der Waals surface area contributed by atoms with Crippen LogP contribution in [0.15, 0.2) is 48.7 Å². The predicted octanol–water partition coefficient (Wildman–Crippen LogP) is 2.73. The smallest absolute Gasteiger partial charge is 0.215 e. The summed E-state index contributed by atoms with van der Waals surface area (Å²) in [7, 11) is -3.76. The second-order valence-corrected chi connectivity index (χ2v) is 8.19. The molecule has 0 saturated carbocycles. The highest BCUT2D eigenvalue weighted by molar-refractivity contribution is 7.88. The number of nitrogens with zero attached hydrogens (tertiary/aromatic N) is 3. The first-order valence-corrected chi connectivity index (χ1v) is 10.6. The third kappa shape index (κ3) is 6.71. The molecule has 3 rings (SSSR count). The van der Waals surface area contributed by atoms with Gasteiger partial charge in [-0.3, -0.25) is 0 Å². The van der Waals surface area contributed by atoms with Gasteiger partial charge in [0.25, 0.3) is 0 Å². The Morgan fingerprint density at radius 1 is 0.933 bits per heavy atom. The molecule has 0 bridgehead atoms. The van der Waals surface area contributed by atoms with Gasteiger partial charge in [-0.1, -0.05) is 6.07 Å². The molecule has 0 aliphatic rings. The van der Waals surface area contributed by atoms with E-state index in [0.717, 1.165) is 12.1 Å². The number of nitrogens with one attached hydrogen (secondary N) is 3. The zero-order valence-corrected chi connectivity index (χ0v) is 16.9. The molecule has 2 heterocycles. The van der Waals surface area contributed by atoms with Gasteiger partial charge in [-0.15, -0.1) is 0 Å². The number of aromatic nitrogens is 3. The van der Waals surface area contributed by atoms with E-state index in [9.17, 15) is 17.2 Å². The molecule has 0 spiro atoms. The van der Waals surface area contributed by atoms with Crippen LogP contribution in [-0.2, 0) is 15.8 Å². The van der Waals surface area contributed by atoms with Crippen LogP contribution in [0.25, 0.3) is 0 Å². The van der Waals surface area contributed by atoms with Crippen LogP contribution in [0.4, 0.5) is 26.2 Å². The van der Waals surface area contributed by atoms with Crippen molar-refractivity contribution in [3.63, 3.8) is 0 Å². The van der Waals surface area contributed by atoms with Crippen LogP contribution in [0.1, 0.15) is 11.4 Å². The first kappa shape index (κ1) is 21.5. The van der Waals surface area contributed by atoms with E-state index in [1.165, 1.54) is 0 Å². The van der Waals surface area contributed by atoms with E-state index in [2.05, 4.69) is 30.3 Å². The summed E-state index contributed by atoms with van der Waals surface area (Å²) in [5.41, 5.74) is 0.0321. The van der Waals surface area contributed by atoms with Crippen molar-refractivity contribution < 1.29 is 17.2 Å². The Bertz CT molecular complexity index is 1090. The molecule has 1 aromatic carbocycles. The first-order chi connectivity index (χ1) is 14.3. The molecule has 0 radical (unpaired) electrons. The maximum atomic E-state index is 13.2. The van der Waals surface area contributed by atoms with Gasteiger partial charge < -0.3 is 10.6 Å². The second kappa shape index (κ2) is 9.55. The van der Waals surface area contributed by atoms with Crippen molar-refractivity contribution >= 4 is 27.5 Å². The van der Waals surface area contributed by atoms with E-state index in [1.807, 2.05) is 6.07 Å². The molecule has 3 aromatic rings. The van der Waals surface area contributed by atoms with Crippen LogP contribution >= 0.6 is 0 Å².